The number of rotatable bonds is 10. The first-order valence-electron chi connectivity index (χ1n) is 14.5. The summed E-state index contributed by atoms with van der Waals surface area (Å²) in [6.07, 6.45) is 4.33. The fourth-order valence-corrected chi connectivity index (χ4v) is 6.59. The Morgan fingerprint density at radius 3 is 1.96 bits per heavy atom. The third kappa shape index (κ3) is 6.44. The molecule has 0 radical (unpaired) electrons. The van der Waals surface area contributed by atoms with Crippen LogP contribution in [0, 0.1) is 11.8 Å². The Hall–Kier alpha value is -4.27. The van der Waals surface area contributed by atoms with Crippen molar-refractivity contribution in [2.24, 2.45) is 17.6 Å². The molecule has 0 spiro atoms. The molecule has 0 aromatic heterocycles. The molecule has 1 aromatic rings. The van der Waals surface area contributed by atoms with Crippen LogP contribution in [0.5, 0.6) is 5.75 Å². The molecular weight excluding hydrogens is 592 g/mol. The number of nitrogens with two attached hydrogens (primary N) is 1. The van der Waals surface area contributed by atoms with Crippen molar-refractivity contribution >= 4 is 29.4 Å². The summed E-state index contributed by atoms with van der Waals surface area (Å²) in [5.74, 6) is -9.41. The Kier molecular flexibility index (Phi) is 10.5. The van der Waals surface area contributed by atoms with Crippen LogP contribution in [0.25, 0.3) is 0 Å². The van der Waals surface area contributed by atoms with Gasteiger partial charge in [0.1, 0.15) is 22.8 Å². The number of carbonyl (C=O) groups is 5. The summed E-state index contributed by atoms with van der Waals surface area (Å²) in [6, 6.07) is 3.05. The van der Waals surface area contributed by atoms with Crippen molar-refractivity contribution in [2.75, 3.05) is 14.1 Å². The Morgan fingerprint density at radius 1 is 0.933 bits per heavy atom. The highest BCUT2D eigenvalue weighted by Crippen LogP contribution is 2.56. The average molecular weight is 633 g/mol. The first-order chi connectivity index (χ1) is 20.9. The molecule has 3 aliphatic rings. The van der Waals surface area contributed by atoms with Gasteiger partial charge in [0, 0.05) is 30.3 Å². The highest BCUT2D eigenvalue weighted by molar-refractivity contribution is 6.24. The van der Waals surface area contributed by atoms with Crippen LogP contribution in [-0.2, 0) is 24.8 Å². The molecule has 1 amide bonds. The number of aliphatic carboxylic acids is 2. The van der Waals surface area contributed by atoms with Crippen LogP contribution in [0.3, 0.4) is 0 Å². The minimum absolute atomic E-state index is 0.135. The van der Waals surface area contributed by atoms with Crippen molar-refractivity contribution < 1.29 is 59.7 Å². The van der Waals surface area contributed by atoms with E-state index >= 15 is 0 Å². The first-order valence-corrected chi connectivity index (χ1v) is 14.5. The Bertz CT molecular complexity index is 1440. The quantitative estimate of drug-likeness (QED) is 0.135. The van der Waals surface area contributed by atoms with Crippen molar-refractivity contribution in [2.45, 2.75) is 75.5 Å². The lowest BCUT2D eigenvalue weighted by Gasteiger charge is -2.52. The maximum atomic E-state index is 13.3. The third-order valence-corrected chi connectivity index (χ3v) is 8.80. The average Bonchev–Trinajstić information content (AvgIpc) is 2.92. The van der Waals surface area contributed by atoms with Gasteiger partial charge in [-0.2, -0.15) is 0 Å². The van der Waals surface area contributed by atoms with E-state index in [1.165, 1.54) is 44.1 Å². The van der Waals surface area contributed by atoms with Crippen molar-refractivity contribution in [1.29, 1.82) is 0 Å². The summed E-state index contributed by atoms with van der Waals surface area (Å²) in [4.78, 5) is 60.1. The van der Waals surface area contributed by atoms with E-state index < -0.39 is 86.9 Å². The normalized spacial score (nSPS) is 27.3. The zero-order valence-electron chi connectivity index (χ0n) is 25.3. The van der Waals surface area contributed by atoms with Gasteiger partial charge in [0.15, 0.2) is 11.4 Å². The number of benzene rings is 1. The molecule has 0 bridgehead atoms. The van der Waals surface area contributed by atoms with Gasteiger partial charge in [-0.1, -0.05) is 31.4 Å². The van der Waals surface area contributed by atoms with Gasteiger partial charge >= 0.3 is 11.9 Å². The molecule has 1 aromatic carbocycles. The second-order valence-electron chi connectivity index (χ2n) is 12.0. The number of hydrogen-bond acceptors (Lipinski definition) is 11. The molecule has 3 aliphatic carbocycles. The van der Waals surface area contributed by atoms with Crippen LogP contribution in [-0.4, -0.2) is 95.8 Å². The first kappa shape index (κ1) is 35.2. The molecule has 9 N–H and O–H groups in total. The summed E-state index contributed by atoms with van der Waals surface area (Å²) in [7, 11) is 3.06. The number of carboxylic acids is 2. The van der Waals surface area contributed by atoms with Crippen molar-refractivity contribution in [3.05, 3.63) is 52.0 Å². The van der Waals surface area contributed by atoms with Crippen LogP contribution >= 0.6 is 0 Å². The van der Waals surface area contributed by atoms with Crippen LogP contribution in [0.2, 0.25) is 0 Å². The van der Waals surface area contributed by atoms with E-state index in [4.69, 9.17) is 15.9 Å². The van der Waals surface area contributed by atoms with E-state index in [1.54, 1.807) is 0 Å². The number of unbranched alkanes of at least 4 members (excludes halogenated alkanes) is 4. The van der Waals surface area contributed by atoms with Crippen LogP contribution < -0.4 is 5.73 Å². The van der Waals surface area contributed by atoms with Crippen molar-refractivity contribution in [3.63, 3.8) is 0 Å². The minimum Gasteiger partial charge on any atom is -0.510 e. The maximum Gasteiger partial charge on any atom is 0.303 e. The van der Waals surface area contributed by atoms with E-state index in [0.29, 0.717) is 12.8 Å². The van der Waals surface area contributed by atoms with E-state index in [0.717, 1.165) is 19.3 Å². The number of primary amides is 1. The van der Waals surface area contributed by atoms with Crippen LogP contribution in [0.15, 0.2) is 40.9 Å². The molecule has 14 nitrogen and oxygen atoms in total. The summed E-state index contributed by atoms with van der Waals surface area (Å²) < 4.78 is 0. The van der Waals surface area contributed by atoms with Gasteiger partial charge in [-0.3, -0.25) is 28.9 Å². The zero-order valence-corrected chi connectivity index (χ0v) is 25.3. The zero-order chi connectivity index (χ0) is 34.0. The molecule has 0 heterocycles. The van der Waals surface area contributed by atoms with Gasteiger partial charge in [-0.15, -0.1) is 0 Å². The number of nitrogens with zero attached hydrogens (tertiary/aromatic N) is 1. The van der Waals surface area contributed by atoms with Gasteiger partial charge < -0.3 is 41.5 Å². The second-order valence-corrected chi connectivity index (χ2v) is 12.0. The van der Waals surface area contributed by atoms with Gasteiger partial charge in [-0.25, -0.2) is 0 Å². The van der Waals surface area contributed by atoms with E-state index in [9.17, 15) is 49.5 Å². The highest BCUT2D eigenvalue weighted by atomic mass is 16.4. The summed E-state index contributed by atoms with van der Waals surface area (Å²) in [5.41, 5.74) is -0.654. The van der Waals surface area contributed by atoms with Gasteiger partial charge in [0.2, 0.25) is 5.78 Å². The number of ketones is 2. The fourth-order valence-electron chi connectivity index (χ4n) is 6.59. The molecule has 0 saturated heterocycles. The number of aromatic hydroxyl groups is 1. The number of hydrogen-bond donors (Lipinski definition) is 8. The minimum atomic E-state index is -2.75. The van der Waals surface area contributed by atoms with Gasteiger partial charge in [0.25, 0.3) is 5.91 Å². The van der Waals surface area contributed by atoms with E-state index in [1.807, 2.05) is 0 Å². The lowest BCUT2D eigenvalue weighted by Crippen LogP contribution is -2.65. The number of likely N-dealkylation sites (N-methyl/N-ethyl adjacent to an activating group) is 1. The topological polar surface area (TPSA) is 256 Å². The molecule has 0 unspecified atom stereocenters. The third-order valence-electron chi connectivity index (χ3n) is 8.80. The van der Waals surface area contributed by atoms with Crippen molar-refractivity contribution in [1.82, 2.24) is 4.90 Å². The van der Waals surface area contributed by atoms with E-state index in [-0.39, 0.29) is 30.4 Å². The number of fused-ring (bicyclic) bond motifs is 3. The molecule has 246 valence electrons. The molecular formula is C31H40N2O12. The van der Waals surface area contributed by atoms with Gasteiger partial charge in [-0.05, 0) is 51.9 Å². The number of carbonyl (C=O) groups excluding carboxylic acids is 3. The summed E-state index contributed by atoms with van der Waals surface area (Å²) >= 11 is 0. The molecule has 45 heavy (non-hydrogen) atoms. The Labute approximate surface area is 259 Å². The number of Topliss-reactive ketones (excluding diaryl/α,β-unsaturated/α-hetero) is 2. The standard InChI is InChI=1S/C22H24N2O8.C9H16O4/c1-21(31)8-5-4-6-11(25)12(8)16(26)13-9(21)7-10-15(24(2)3)17(27)14(20(23)30)19(29)22(10,32)18(13)28;10-8(11)6-4-2-1-3-5-7-9(12)13/h4-6,9-10,15,25,27-28,31-32H,7H2,1-3H3,(H2,23,30);1-7H2,(H,10,11)(H,12,13)/t9-,10-,15-,21+,22-;/m0./s1. The smallest absolute Gasteiger partial charge is 0.303 e. The summed E-state index contributed by atoms with van der Waals surface area (Å²) in [5, 5.41) is 71.7. The molecule has 0 saturated carbocycles. The number of phenolic OH excluding ortho intramolecular Hbond substituents is 1. The predicted octanol–water partition coefficient (Wildman–Crippen LogP) is 1.67. The van der Waals surface area contributed by atoms with Gasteiger partial charge in [0.05, 0.1) is 17.2 Å². The lowest BCUT2D eigenvalue weighted by atomic mass is 9.55. The number of amides is 1. The maximum absolute atomic E-state index is 13.3. The number of aliphatic hydroxyl groups is 4. The molecule has 0 fully saturated rings. The molecule has 0 aliphatic heterocycles. The second kappa shape index (κ2) is 13.4. The van der Waals surface area contributed by atoms with Crippen LogP contribution in [0.4, 0.5) is 0 Å². The van der Waals surface area contributed by atoms with Crippen molar-refractivity contribution in [3.8, 4) is 5.75 Å². The molecule has 4 rings (SSSR count). The number of phenols is 1. The highest BCUT2D eigenvalue weighted by Gasteiger charge is 2.65. The largest absolute Gasteiger partial charge is 0.510 e. The Balaban J connectivity index is 0.000000360. The van der Waals surface area contributed by atoms with E-state index in [2.05, 4.69) is 0 Å². The monoisotopic (exact) mass is 632 g/mol. The SMILES string of the molecule is CN(C)[C@@H]1C(O)=C(C(N)=O)C(=O)[C@@]2(O)C(O)=C3C(=O)c4c(O)cccc4[C@@](C)(O)[C@H]3C[C@@H]12.O=C(O)CCCCCCCC(=O)O. The number of carboxylic acid groups (broad SMARTS) is 2. The summed E-state index contributed by atoms with van der Waals surface area (Å²) in [6.45, 7) is 1.40. The lowest BCUT2D eigenvalue weighted by molar-refractivity contribution is -0.152. The Morgan fingerprint density at radius 2 is 1.47 bits per heavy atom. The molecule has 14 heteroatoms. The fraction of sp³-hybridized carbons (Fsp3) is 0.516. The molecule has 5 atom stereocenters. The van der Waals surface area contributed by atoms with Crippen LogP contribution in [0.1, 0.15) is 74.2 Å². The predicted molar refractivity (Wildman–Crippen MR) is 157 cm³/mol. The number of aliphatic hydroxyl groups excluding tert-OH is 2.